The van der Waals surface area contributed by atoms with Crippen LogP contribution in [0.4, 0.5) is 5.82 Å². The summed E-state index contributed by atoms with van der Waals surface area (Å²) in [6.45, 7) is 3.79. The van der Waals surface area contributed by atoms with Crippen LogP contribution < -0.4 is 0 Å². The maximum absolute atomic E-state index is 10.7. The largest absolute Gasteiger partial charge is 0.382 e. The average Bonchev–Trinajstić information content (AvgIpc) is 2.59. The molecule has 1 heterocycles. The molecule has 90 valence electrons. The predicted molar refractivity (Wildman–Crippen MR) is 58.5 cm³/mol. The summed E-state index contributed by atoms with van der Waals surface area (Å²) in [5, 5.41) is 10.7. The van der Waals surface area contributed by atoms with Gasteiger partial charge in [-0.1, -0.05) is 0 Å². The van der Waals surface area contributed by atoms with Crippen molar-refractivity contribution in [3.63, 3.8) is 0 Å². The number of rotatable bonds is 7. The first-order valence-electron chi connectivity index (χ1n) is 5.03. The SMILES string of the molecule is COCCOCCn1cc(C)cc1[N+](=O)[O-]. The fraction of sp³-hybridized carbons (Fsp3) is 0.600. The maximum Gasteiger partial charge on any atom is 0.323 e. The van der Waals surface area contributed by atoms with Gasteiger partial charge in [0.2, 0.25) is 0 Å². The van der Waals surface area contributed by atoms with Gasteiger partial charge in [-0.15, -0.1) is 0 Å². The Balaban J connectivity index is 2.44. The van der Waals surface area contributed by atoms with Crippen molar-refractivity contribution in [2.75, 3.05) is 26.9 Å². The standard InChI is InChI=1S/C10H16N2O4/c1-9-7-10(12(13)14)11(8-9)3-4-16-6-5-15-2/h7-8H,3-6H2,1-2H3. The highest BCUT2D eigenvalue weighted by Crippen LogP contribution is 2.15. The molecule has 0 radical (unpaired) electrons. The lowest BCUT2D eigenvalue weighted by Gasteiger charge is -2.03. The van der Waals surface area contributed by atoms with Crippen molar-refractivity contribution in [1.29, 1.82) is 0 Å². The molecule has 1 aromatic rings. The van der Waals surface area contributed by atoms with Crippen molar-refractivity contribution in [2.24, 2.45) is 0 Å². The average molecular weight is 228 g/mol. The molecule has 6 nitrogen and oxygen atoms in total. The van der Waals surface area contributed by atoms with Crippen molar-refractivity contribution in [3.8, 4) is 0 Å². The fourth-order valence-electron chi connectivity index (χ4n) is 1.38. The number of nitro groups is 1. The third-order valence-electron chi connectivity index (χ3n) is 2.11. The maximum atomic E-state index is 10.7. The molecule has 6 heteroatoms. The van der Waals surface area contributed by atoms with Crippen molar-refractivity contribution < 1.29 is 14.4 Å². The minimum absolute atomic E-state index is 0.104. The number of aryl methyl sites for hydroxylation is 1. The van der Waals surface area contributed by atoms with E-state index >= 15 is 0 Å². The van der Waals surface area contributed by atoms with Crippen LogP contribution in [0.3, 0.4) is 0 Å². The van der Waals surface area contributed by atoms with Crippen LogP contribution in [0.5, 0.6) is 0 Å². The van der Waals surface area contributed by atoms with Gasteiger partial charge in [0.05, 0.1) is 26.0 Å². The molecule has 0 N–H and O–H groups in total. The minimum atomic E-state index is -0.387. The molecule has 1 aromatic heterocycles. The first-order chi connectivity index (χ1) is 7.65. The number of hydrogen-bond acceptors (Lipinski definition) is 4. The van der Waals surface area contributed by atoms with Gasteiger partial charge in [-0.3, -0.25) is 0 Å². The zero-order valence-electron chi connectivity index (χ0n) is 9.51. The summed E-state index contributed by atoms with van der Waals surface area (Å²) in [4.78, 5) is 10.3. The Hall–Kier alpha value is -1.40. The van der Waals surface area contributed by atoms with E-state index in [9.17, 15) is 10.1 Å². The van der Waals surface area contributed by atoms with Crippen molar-refractivity contribution in [1.82, 2.24) is 4.57 Å². The lowest BCUT2D eigenvalue weighted by Crippen LogP contribution is -2.10. The van der Waals surface area contributed by atoms with Crippen LogP contribution in [0.25, 0.3) is 0 Å². The molecular weight excluding hydrogens is 212 g/mol. The van der Waals surface area contributed by atoms with E-state index in [4.69, 9.17) is 9.47 Å². The molecule has 0 aliphatic rings. The first-order valence-corrected chi connectivity index (χ1v) is 5.03. The summed E-state index contributed by atoms with van der Waals surface area (Å²) in [5.74, 6) is 0.104. The van der Waals surface area contributed by atoms with Gasteiger partial charge >= 0.3 is 5.82 Å². The lowest BCUT2D eigenvalue weighted by atomic mass is 10.4. The molecule has 0 spiro atoms. The summed E-state index contributed by atoms with van der Waals surface area (Å²) >= 11 is 0. The summed E-state index contributed by atoms with van der Waals surface area (Å²) in [7, 11) is 1.60. The van der Waals surface area contributed by atoms with Crippen LogP contribution >= 0.6 is 0 Å². The second-order valence-corrected chi connectivity index (χ2v) is 3.43. The zero-order valence-corrected chi connectivity index (χ0v) is 9.51. The van der Waals surface area contributed by atoms with Crippen LogP contribution in [-0.2, 0) is 16.0 Å². The molecule has 0 aliphatic carbocycles. The van der Waals surface area contributed by atoms with E-state index in [1.165, 1.54) is 0 Å². The van der Waals surface area contributed by atoms with Gasteiger partial charge in [-0.25, -0.2) is 4.57 Å². The summed E-state index contributed by atoms with van der Waals surface area (Å²) in [6, 6.07) is 1.55. The highest BCUT2D eigenvalue weighted by atomic mass is 16.6. The first kappa shape index (κ1) is 12.7. The van der Waals surface area contributed by atoms with E-state index in [0.717, 1.165) is 5.56 Å². The van der Waals surface area contributed by atoms with Crippen LogP contribution in [0, 0.1) is 17.0 Å². The Labute approximate surface area is 93.9 Å². The van der Waals surface area contributed by atoms with E-state index in [1.54, 1.807) is 23.9 Å². The van der Waals surface area contributed by atoms with Gasteiger partial charge in [0.1, 0.15) is 6.54 Å². The number of hydrogen-bond donors (Lipinski definition) is 0. The van der Waals surface area contributed by atoms with E-state index in [-0.39, 0.29) is 10.7 Å². The number of nitrogens with zero attached hydrogens (tertiary/aromatic N) is 2. The van der Waals surface area contributed by atoms with Gasteiger partial charge in [0, 0.05) is 13.2 Å². The number of ether oxygens (including phenoxy) is 2. The van der Waals surface area contributed by atoms with Gasteiger partial charge < -0.3 is 19.6 Å². The van der Waals surface area contributed by atoms with Crippen LogP contribution in [-0.4, -0.2) is 36.4 Å². The van der Waals surface area contributed by atoms with Crippen LogP contribution in [0.2, 0.25) is 0 Å². The van der Waals surface area contributed by atoms with Crippen molar-refractivity contribution in [2.45, 2.75) is 13.5 Å². The summed E-state index contributed by atoms with van der Waals surface area (Å²) in [6.07, 6.45) is 1.75. The molecule has 0 bridgehead atoms. The highest BCUT2D eigenvalue weighted by molar-refractivity contribution is 5.28. The molecule has 0 fully saturated rings. The van der Waals surface area contributed by atoms with Crippen molar-refractivity contribution >= 4 is 5.82 Å². The van der Waals surface area contributed by atoms with Crippen molar-refractivity contribution in [3.05, 3.63) is 27.9 Å². The van der Waals surface area contributed by atoms with E-state index in [2.05, 4.69) is 0 Å². The molecule has 0 amide bonds. The zero-order chi connectivity index (χ0) is 12.0. The molecule has 16 heavy (non-hydrogen) atoms. The van der Waals surface area contributed by atoms with Gasteiger partial charge in [0.15, 0.2) is 0 Å². The summed E-state index contributed by atoms with van der Waals surface area (Å²) in [5.41, 5.74) is 0.878. The minimum Gasteiger partial charge on any atom is -0.382 e. The topological polar surface area (TPSA) is 66.5 Å². The van der Waals surface area contributed by atoms with Gasteiger partial charge in [-0.2, -0.15) is 0 Å². The molecule has 0 saturated heterocycles. The molecule has 0 aliphatic heterocycles. The second-order valence-electron chi connectivity index (χ2n) is 3.43. The molecule has 0 saturated carbocycles. The fourth-order valence-corrected chi connectivity index (χ4v) is 1.38. The smallest absolute Gasteiger partial charge is 0.323 e. The lowest BCUT2D eigenvalue weighted by molar-refractivity contribution is -0.392. The Morgan fingerprint density at radius 2 is 2.19 bits per heavy atom. The second kappa shape index (κ2) is 6.24. The van der Waals surface area contributed by atoms with E-state index in [1.807, 2.05) is 6.92 Å². The molecular formula is C10H16N2O4. The Bertz CT molecular complexity index is 349. The quantitative estimate of drug-likeness (QED) is 0.401. The molecule has 1 rings (SSSR count). The molecule has 0 aromatic carbocycles. The molecule has 0 unspecified atom stereocenters. The van der Waals surface area contributed by atoms with Gasteiger partial charge in [0.25, 0.3) is 0 Å². The van der Waals surface area contributed by atoms with Crippen LogP contribution in [0.1, 0.15) is 5.56 Å². The molecule has 0 atom stereocenters. The number of methoxy groups -OCH3 is 1. The highest BCUT2D eigenvalue weighted by Gasteiger charge is 2.13. The van der Waals surface area contributed by atoms with Crippen LogP contribution in [0.15, 0.2) is 12.3 Å². The normalized spacial score (nSPS) is 10.6. The van der Waals surface area contributed by atoms with E-state index < -0.39 is 0 Å². The number of aromatic nitrogens is 1. The third kappa shape index (κ3) is 3.63. The Morgan fingerprint density at radius 1 is 1.44 bits per heavy atom. The summed E-state index contributed by atoms with van der Waals surface area (Å²) < 4.78 is 11.7. The predicted octanol–water partition coefficient (Wildman–Crippen LogP) is 1.37. The Morgan fingerprint density at radius 3 is 2.81 bits per heavy atom. The monoisotopic (exact) mass is 228 g/mol. The Kier molecular flexibility index (Phi) is 4.94. The third-order valence-corrected chi connectivity index (χ3v) is 2.11. The van der Waals surface area contributed by atoms with Gasteiger partial charge in [-0.05, 0) is 17.4 Å². The van der Waals surface area contributed by atoms with E-state index in [0.29, 0.717) is 26.4 Å².